The molecule has 210 valence electrons. The highest BCUT2D eigenvalue weighted by atomic mass is 79.9. The summed E-state index contributed by atoms with van der Waals surface area (Å²) in [5.74, 6) is 1.05. The van der Waals surface area contributed by atoms with Crippen molar-refractivity contribution in [2.45, 2.75) is 25.6 Å². The van der Waals surface area contributed by atoms with E-state index >= 15 is 0 Å². The average molecular weight is 635 g/mol. The van der Waals surface area contributed by atoms with Gasteiger partial charge in [-0.2, -0.15) is 4.57 Å². The Morgan fingerprint density at radius 3 is 2.78 bits per heavy atom. The summed E-state index contributed by atoms with van der Waals surface area (Å²) in [5, 5.41) is 9.05. The number of ether oxygens (including phenoxy) is 2. The Hall–Kier alpha value is -3.37. The molecule has 9 heteroatoms. The first-order valence-corrected chi connectivity index (χ1v) is 14.7. The van der Waals surface area contributed by atoms with Gasteiger partial charge in [-0.05, 0) is 30.7 Å². The summed E-state index contributed by atoms with van der Waals surface area (Å²) in [7, 11) is 0. The number of oxazole rings is 1. The first-order valence-electron chi connectivity index (χ1n) is 13.5. The molecular weight excluding hydrogens is 604 g/mol. The van der Waals surface area contributed by atoms with Crippen molar-refractivity contribution in [2.75, 3.05) is 26.4 Å². The molecule has 6 rings (SSSR count). The van der Waals surface area contributed by atoms with E-state index in [1.165, 1.54) is 0 Å². The molecule has 7 nitrogen and oxygen atoms in total. The largest absolute Gasteiger partial charge is 0.469 e. The second-order valence-electron chi connectivity index (χ2n) is 10.1. The van der Waals surface area contributed by atoms with Crippen molar-refractivity contribution in [1.82, 2.24) is 4.90 Å². The topological polar surface area (TPSA) is 76.0 Å². The number of hydrogen-bond donors (Lipinski definition) is 2. The number of hydrogen-bond acceptors (Lipinski definition) is 7. The highest BCUT2D eigenvalue weighted by Crippen LogP contribution is 2.39. The maximum absolute atomic E-state index is 13.4. The second kappa shape index (κ2) is 11.9. The molecule has 3 aromatic rings. The van der Waals surface area contributed by atoms with Crippen LogP contribution in [0.25, 0.3) is 17.2 Å². The first-order chi connectivity index (χ1) is 19.9. The fourth-order valence-corrected chi connectivity index (χ4v) is 6.01. The monoisotopic (exact) mass is 633 g/mol. The van der Waals surface area contributed by atoms with Crippen molar-refractivity contribution >= 4 is 51.5 Å². The molecule has 2 heterocycles. The molecule has 3 aliphatic rings. The number of rotatable bonds is 9. The predicted octanol–water partition coefficient (Wildman–Crippen LogP) is 5.00. The van der Waals surface area contributed by atoms with Crippen LogP contribution in [0.3, 0.4) is 0 Å². The third-order valence-electron chi connectivity index (χ3n) is 7.33. The molecule has 1 N–H and O–H groups in total. The summed E-state index contributed by atoms with van der Waals surface area (Å²) in [4.78, 5) is 16.1. The zero-order chi connectivity index (χ0) is 28.5. The van der Waals surface area contributed by atoms with Crippen LogP contribution in [0.5, 0.6) is 0 Å². The SMILES string of the molecule is Cc1ccc2c(c1)oc(/C=C1/C(=O)C(/C=C3/OC4C=C(Br)C=CC4N3CCOCCO)=C1S)[n+]2Cc1ccccc1. The fraction of sp³-hybridized carbons (Fsp3) is 0.250. The van der Waals surface area contributed by atoms with Crippen LogP contribution in [0.4, 0.5) is 0 Å². The molecule has 1 saturated heterocycles. The van der Waals surface area contributed by atoms with Gasteiger partial charge in [-0.25, -0.2) is 0 Å². The van der Waals surface area contributed by atoms with E-state index in [-0.39, 0.29) is 31.1 Å². The fourth-order valence-electron chi connectivity index (χ4n) is 5.26. The summed E-state index contributed by atoms with van der Waals surface area (Å²) >= 11 is 8.25. The van der Waals surface area contributed by atoms with Gasteiger partial charge in [0.1, 0.15) is 6.10 Å². The lowest BCUT2D eigenvalue weighted by Crippen LogP contribution is -2.36. The van der Waals surface area contributed by atoms with Gasteiger partial charge in [0.15, 0.2) is 18.2 Å². The van der Waals surface area contributed by atoms with E-state index in [0.717, 1.165) is 26.7 Å². The zero-order valence-corrected chi connectivity index (χ0v) is 25.0. The number of benzene rings is 2. The Morgan fingerprint density at radius 1 is 1.17 bits per heavy atom. The van der Waals surface area contributed by atoms with Gasteiger partial charge in [-0.3, -0.25) is 4.79 Å². The van der Waals surface area contributed by atoms with Gasteiger partial charge in [0, 0.05) is 44.8 Å². The smallest absolute Gasteiger partial charge is 0.375 e. The summed E-state index contributed by atoms with van der Waals surface area (Å²) in [6.45, 7) is 3.84. The number of aryl methyl sites for hydroxylation is 1. The molecule has 2 aliphatic carbocycles. The molecule has 41 heavy (non-hydrogen) atoms. The number of ketones is 1. The first kappa shape index (κ1) is 27.8. The quantitative estimate of drug-likeness (QED) is 0.150. The lowest BCUT2D eigenvalue weighted by Gasteiger charge is -2.25. The average Bonchev–Trinajstić information content (AvgIpc) is 3.49. The van der Waals surface area contributed by atoms with Crippen LogP contribution in [0.2, 0.25) is 0 Å². The number of nitrogens with zero attached hydrogens (tertiary/aromatic N) is 2. The molecule has 0 bridgehead atoms. The lowest BCUT2D eigenvalue weighted by molar-refractivity contribution is -0.669. The number of aromatic nitrogens is 1. The molecule has 0 spiro atoms. The number of carbonyl (C=O) groups is 1. The Morgan fingerprint density at radius 2 is 2.00 bits per heavy atom. The third kappa shape index (κ3) is 5.59. The van der Waals surface area contributed by atoms with Crippen LogP contribution < -0.4 is 4.57 Å². The maximum atomic E-state index is 13.4. The number of fused-ring (bicyclic) bond motifs is 2. The second-order valence-corrected chi connectivity index (χ2v) is 11.5. The van der Waals surface area contributed by atoms with Gasteiger partial charge < -0.3 is 23.9 Å². The summed E-state index contributed by atoms with van der Waals surface area (Å²) in [6, 6.07) is 16.2. The normalized spacial score (nSPS) is 22.0. The molecule has 1 aromatic heterocycles. The molecule has 0 saturated carbocycles. The Balaban J connectivity index is 1.32. The van der Waals surface area contributed by atoms with E-state index in [9.17, 15) is 4.79 Å². The standard InChI is InChI=1S/C32H29BrN2O5S/c1-20-7-9-26-27(15-20)39-30(35(26)19-21-5-3-2-4-6-21)18-24-31(37)23(32(24)41)17-29-34(11-13-38-14-12-36)25-10-8-22(33)16-28(25)40-29/h2-10,15-18,25,28,36H,11-14,19H2,1H3/p+1. The molecule has 2 unspecified atom stereocenters. The van der Waals surface area contributed by atoms with Crippen LogP contribution in [0, 0.1) is 6.92 Å². The van der Waals surface area contributed by atoms with E-state index in [0.29, 0.717) is 47.5 Å². The minimum Gasteiger partial charge on any atom is -0.469 e. The number of carbonyl (C=O) groups excluding carboxylic acids is 1. The highest BCUT2D eigenvalue weighted by molar-refractivity contribution is 9.11. The van der Waals surface area contributed by atoms with Crippen molar-refractivity contribution in [2.24, 2.45) is 0 Å². The number of Topliss-reactive ketones (excluding diaryl/α,β-unsaturated/α-hetero) is 1. The molecule has 0 amide bonds. The van der Waals surface area contributed by atoms with Gasteiger partial charge in [0.2, 0.25) is 5.58 Å². The van der Waals surface area contributed by atoms with Crippen molar-refractivity contribution in [3.8, 4) is 0 Å². The Labute approximate surface area is 252 Å². The molecular formula is C32H30BrN2O5S+. The molecule has 0 radical (unpaired) electrons. The van der Waals surface area contributed by atoms with Crippen LogP contribution in [0.15, 0.2) is 104 Å². The Kier molecular flexibility index (Phi) is 8.03. The van der Waals surface area contributed by atoms with Gasteiger partial charge in [0.25, 0.3) is 5.52 Å². The van der Waals surface area contributed by atoms with E-state index in [4.69, 9.17) is 31.6 Å². The summed E-state index contributed by atoms with van der Waals surface area (Å²) in [5.41, 5.74) is 4.93. The predicted molar refractivity (Wildman–Crippen MR) is 163 cm³/mol. The van der Waals surface area contributed by atoms with Crippen LogP contribution in [-0.2, 0) is 20.8 Å². The molecule has 1 aliphatic heterocycles. The third-order valence-corrected chi connectivity index (χ3v) is 8.34. The minimum absolute atomic E-state index is 0.0228. The van der Waals surface area contributed by atoms with Crippen molar-refractivity contribution in [1.29, 1.82) is 0 Å². The Bertz CT molecular complexity index is 1650. The molecule has 2 aromatic carbocycles. The molecule has 2 atom stereocenters. The maximum Gasteiger partial charge on any atom is 0.375 e. The van der Waals surface area contributed by atoms with Gasteiger partial charge >= 0.3 is 5.89 Å². The van der Waals surface area contributed by atoms with Gasteiger partial charge in [-0.1, -0.05) is 58.4 Å². The van der Waals surface area contributed by atoms with E-state index in [2.05, 4.69) is 49.7 Å². The molecule has 1 fully saturated rings. The highest BCUT2D eigenvalue weighted by Gasteiger charge is 2.40. The van der Waals surface area contributed by atoms with Crippen LogP contribution >= 0.6 is 28.6 Å². The summed E-state index contributed by atoms with van der Waals surface area (Å²) < 4.78 is 21.1. The van der Waals surface area contributed by atoms with Crippen LogP contribution in [-0.4, -0.2) is 54.3 Å². The van der Waals surface area contributed by atoms with E-state index in [1.54, 1.807) is 12.2 Å². The van der Waals surface area contributed by atoms with Crippen molar-refractivity contribution in [3.63, 3.8) is 0 Å². The number of aliphatic hydroxyl groups is 1. The summed E-state index contributed by atoms with van der Waals surface area (Å²) in [6.07, 6.45) is 9.42. The number of aliphatic hydroxyl groups excluding tert-OH is 1. The zero-order valence-electron chi connectivity index (χ0n) is 22.5. The minimum atomic E-state index is -0.191. The van der Waals surface area contributed by atoms with Crippen molar-refractivity contribution in [3.05, 3.63) is 116 Å². The van der Waals surface area contributed by atoms with E-state index < -0.39 is 0 Å². The van der Waals surface area contributed by atoms with Crippen LogP contribution in [0.1, 0.15) is 17.0 Å². The number of halogens is 1. The number of thiol groups is 1. The van der Waals surface area contributed by atoms with Gasteiger partial charge in [0.05, 0.1) is 31.9 Å². The van der Waals surface area contributed by atoms with E-state index in [1.807, 2.05) is 49.4 Å². The lowest BCUT2D eigenvalue weighted by atomic mass is 9.89. The van der Waals surface area contributed by atoms with Crippen molar-refractivity contribution < 1.29 is 28.4 Å². The van der Waals surface area contributed by atoms with Gasteiger partial charge in [-0.15, -0.1) is 12.6 Å². The number of allylic oxidation sites excluding steroid dienone is 5.